The van der Waals surface area contributed by atoms with Crippen LogP contribution in [0.1, 0.15) is 24.2 Å². The molecule has 1 fully saturated rings. The van der Waals surface area contributed by atoms with Crippen molar-refractivity contribution in [3.05, 3.63) is 47.1 Å². The second-order valence-electron chi connectivity index (χ2n) is 6.77. The summed E-state index contributed by atoms with van der Waals surface area (Å²) in [5.74, 6) is 0.859. The van der Waals surface area contributed by atoms with E-state index in [-0.39, 0.29) is 0 Å². The van der Waals surface area contributed by atoms with Crippen molar-refractivity contribution in [2.45, 2.75) is 39.3 Å². The van der Waals surface area contributed by atoms with E-state index in [1.165, 1.54) is 23.4 Å². The van der Waals surface area contributed by atoms with Gasteiger partial charge in [0.1, 0.15) is 10.8 Å². The molecule has 1 atom stereocenters. The number of methoxy groups -OCH3 is 1. The Kier molecular flexibility index (Phi) is 4.83. The van der Waals surface area contributed by atoms with Gasteiger partial charge in [-0.2, -0.15) is 0 Å². The van der Waals surface area contributed by atoms with E-state index in [9.17, 15) is 0 Å². The molecule has 5 heteroatoms. The molecule has 1 saturated heterocycles. The number of aromatic nitrogens is 2. The molecule has 0 radical (unpaired) electrons. The Morgan fingerprint density at radius 2 is 2.12 bits per heavy atom. The van der Waals surface area contributed by atoms with Gasteiger partial charge in [-0.25, -0.2) is 4.98 Å². The van der Waals surface area contributed by atoms with Gasteiger partial charge in [0, 0.05) is 35.5 Å². The highest BCUT2D eigenvalue weighted by atomic mass is 32.1. The zero-order chi connectivity index (χ0) is 18.1. The maximum Gasteiger partial charge on any atom is 0.129 e. The maximum atomic E-state index is 5.82. The standard InChI is InChI=1S/C21H24N2O2S/c1-14-11-18(15(2)23(14)12-16-7-6-10-25-16)19-13-26-21(22-19)17-8-4-5-9-20(17)24-3/h4-5,8-9,11,13,16H,6-7,10,12H2,1-3H3/t16-/m0/s1. The summed E-state index contributed by atoms with van der Waals surface area (Å²) in [5, 5.41) is 3.13. The number of hydrogen-bond acceptors (Lipinski definition) is 4. The van der Waals surface area contributed by atoms with Crippen LogP contribution >= 0.6 is 11.3 Å². The third kappa shape index (κ3) is 3.17. The van der Waals surface area contributed by atoms with Gasteiger partial charge in [0.05, 0.1) is 24.5 Å². The first-order valence-electron chi connectivity index (χ1n) is 9.05. The molecule has 4 nitrogen and oxygen atoms in total. The van der Waals surface area contributed by atoms with Crippen LogP contribution in [-0.2, 0) is 11.3 Å². The summed E-state index contributed by atoms with van der Waals surface area (Å²) < 4.78 is 13.7. The minimum absolute atomic E-state index is 0.340. The second kappa shape index (κ2) is 7.25. The summed E-state index contributed by atoms with van der Waals surface area (Å²) in [7, 11) is 1.70. The Balaban J connectivity index is 1.65. The lowest BCUT2D eigenvalue weighted by atomic mass is 10.2. The van der Waals surface area contributed by atoms with E-state index in [4.69, 9.17) is 14.5 Å². The fourth-order valence-electron chi connectivity index (χ4n) is 3.68. The predicted octanol–water partition coefficient (Wildman–Crippen LogP) is 5.08. The van der Waals surface area contributed by atoms with E-state index < -0.39 is 0 Å². The van der Waals surface area contributed by atoms with Crippen LogP contribution < -0.4 is 4.74 Å². The van der Waals surface area contributed by atoms with E-state index in [0.29, 0.717) is 6.10 Å². The van der Waals surface area contributed by atoms with E-state index in [1.807, 2.05) is 18.2 Å². The minimum Gasteiger partial charge on any atom is -0.496 e. The van der Waals surface area contributed by atoms with Crippen LogP contribution in [0.3, 0.4) is 0 Å². The number of nitrogens with zero attached hydrogens (tertiary/aromatic N) is 2. The molecule has 26 heavy (non-hydrogen) atoms. The van der Waals surface area contributed by atoms with Crippen molar-refractivity contribution in [2.24, 2.45) is 0 Å². The van der Waals surface area contributed by atoms with E-state index in [2.05, 4.69) is 35.9 Å². The molecule has 0 amide bonds. The molecule has 136 valence electrons. The van der Waals surface area contributed by atoms with Crippen LogP contribution in [0.25, 0.3) is 21.8 Å². The third-order valence-electron chi connectivity index (χ3n) is 5.10. The zero-order valence-electron chi connectivity index (χ0n) is 15.5. The normalized spacial score (nSPS) is 17.0. The van der Waals surface area contributed by atoms with Crippen molar-refractivity contribution in [1.29, 1.82) is 0 Å². The molecule has 0 bridgehead atoms. The number of para-hydroxylation sites is 1. The number of ether oxygens (including phenoxy) is 2. The Morgan fingerprint density at radius 1 is 1.27 bits per heavy atom. The Morgan fingerprint density at radius 3 is 2.88 bits per heavy atom. The second-order valence-corrected chi connectivity index (χ2v) is 7.63. The summed E-state index contributed by atoms with van der Waals surface area (Å²) in [6.45, 7) is 6.17. The van der Waals surface area contributed by atoms with E-state index in [1.54, 1.807) is 18.4 Å². The molecule has 0 unspecified atom stereocenters. The SMILES string of the molecule is COc1ccccc1-c1nc(-c2cc(C)n(C[C@@H]3CCCO3)c2C)cs1. The Hall–Kier alpha value is -2.11. The van der Waals surface area contributed by atoms with Crippen molar-refractivity contribution in [2.75, 3.05) is 13.7 Å². The Labute approximate surface area is 158 Å². The zero-order valence-corrected chi connectivity index (χ0v) is 16.3. The number of rotatable bonds is 5. The van der Waals surface area contributed by atoms with Crippen molar-refractivity contribution < 1.29 is 9.47 Å². The summed E-state index contributed by atoms with van der Waals surface area (Å²) in [4.78, 5) is 4.90. The lowest BCUT2D eigenvalue weighted by molar-refractivity contribution is 0.0962. The highest BCUT2D eigenvalue weighted by Crippen LogP contribution is 2.36. The van der Waals surface area contributed by atoms with Crippen molar-refractivity contribution in [3.63, 3.8) is 0 Å². The van der Waals surface area contributed by atoms with Crippen LogP contribution in [-0.4, -0.2) is 29.4 Å². The molecule has 1 aliphatic heterocycles. The average Bonchev–Trinajstić information content (AvgIpc) is 3.39. The fraction of sp³-hybridized carbons (Fsp3) is 0.381. The van der Waals surface area contributed by atoms with Gasteiger partial charge in [-0.15, -0.1) is 11.3 Å². The summed E-state index contributed by atoms with van der Waals surface area (Å²) in [5.41, 5.74) is 5.80. The van der Waals surface area contributed by atoms with Gasteiger partial charge >= 0.3 is 0 Å². The largest absolute Gasteiger partial charge is 0.496 e. The van der Waals surface area contributed by atoms with Gasteiger partial charge in [-0.05, 0) is 44.9 Å². The number of aryl methyl sites for hydroxylation is 1. The molecular weight excluding hydrogens is 344 g/mol. The van der Waals surface area contributed by atoms with Gasteiger partial charge in [0.15, 0.2) is 0 Å². The van der Waals surface area contributed by atoms with Gasteiger partial charge in [0.25, 0.3) is 0 Å². The van der Waals surface area contributed by atoms with E-state index >= 15 is 0 Å². The van der Waals surface area contributed by atoms with Gasteiger partial charge in [0.2, 0.25) is 0 Å². The fourth-order valence-corrected chi connectivity index (χ4v) is 4.53. The molecule has 3 aromatic rings. The quantitative estimate of drug-likeness (QED) is 0.630. The van der Waals surface area contributed by atoms with Crippen molar-refractivity contribution in [3.8, 4) is 27.6 Å². The smallest absolute Gasteiger partial charge is 0.129 e. The highest BCUT2D eigenvalue weighted by Gasteiger charge is 2.20. The average molecular weight is 369 g/mol. The molecule has 3 heterocycles. The molecule has 0 aliphatic carbocycles. The summed E-state index contributed by atoms with van der Waals surface area (Å²) in [6, 6.07) is 10.3. The monoisotopic (exact) mass is 368 g/mol. The maximum absolute atomic E-state index is 5.82. The predicted molar refractivity (Wildman–Crippen MR) is 106 cm³/mol. The van der Waals surface area contributed by atoms with Gasteiger partial charge < -0.3 is 14.0 Å². The first-order chi connectivity index (χ1) is 12.7. The molecule has 1 aliphatic rings. The first-order valence-corrected chi connectivity index (χ1v) is 9.93. The molecule has 4 rings (SSSR count). The molecule has 0 saturated carbocycles. The van der Waals surface area contributed by atoms with E-state index in [0.717, 1.165) is 41.6 Å². The van der Waals surface area contributed by atoms with Gasteiger partial charge in [-0.3, -0.25) is 0 Å². The van der Waals surface area contributed by atoms with Crippen molar-refractivity contribution in [1.82, 2.24) is 9.55 Å². The summed E-state index contributed by atoms with van der Waals surface area (Å²) in [6.07, 6.45) is 2.67. The summed E-state index contributed by atoms with van der Waals surface area (Å²) >= 11 is 1.66. The minimum atomic E-state index is 0.340. The highest BCUT2D eigenvalue weighted by molar-refractivity contribution is 7.13. The van der Waals surface area contributed by atoms with Crippen LogP contribution in [0.4, 0.5) is 0 Å². The lowest BCUT2D eigenvalue weighted by Gasteiger charge is -2.14. The molecule has 0 N–H and O–H groups in total. The molecule has 1 aromatic carbocycles. The number of hydrogen-bond donors (Lipinski definition) is 0. The van der Waals surface area contributed by atoms with Crippen molar-refractivity contribution >= 4 is 11.3 Å². The lowest BCUT2D eigenvalue weighted by Crippen LogP contribution is -2.16. The van der Waals surface area contributed by atoms with Crippen LogP contribution in [0.15, 0.2) is 35.7 Å². The number of benzene rings is 1. The van der Waals surface area contributed by atoms with Crippen LogP contribution in [0.5, 0.6) is 5.75 Å². The molecular formula is C21H24N2O2S. The first kappa shape index (κ1) is 17.3. The van der Waals surface area contributed by atoms with Crippen LogP contribution in [0.2, 0.25) is 0 Å². The van der Waals surface area contributed by atoms with Crippen LogP contribution in [0, 0.1) is 13.8 Å². The molecule has 2 aromatic heterocycles. The van der Waals surface area contributed by atoms with Gasteiger partial charge in [-0.1, -0.05) is 12.1 Å². The number of thiazole rings is 1. The third-order valence-corrected chi connectivity index (χ3v) is 5.98. The topological polar surface area (TPSA) is 36.3 Å². The molecule has 0 spiro atoms. The Bertz CT molecular complexity index is 907.